The number of alkyl halides is 18. The van der Waals surface area contributed by atoms with Crippen LogP contribution in [-0.2, 0) is 77.8 Å². The van der Waals surface area contributed by atoms with E-state index >= 15 is 0 Å². The van der Waals surface area contributed by atoms with Crippen LogP contribution >= 0.6 is 0 Å². The Bertz CT molecular complexity index is 4950. The van der Waals surface area contributed by atoms with Crippen molar-refractivity contribution in [2.24, 2.45) is 46.3 Å². The molecular weight excluding hydrogens is 1880 g/mol. The van der Waals surface area contributed by atoms with Gasteiger partial charge in [-0.25, -0.2) is 8.42 Å². The summed E-state index contributed by atoms with van der Waals surface area (Å²) in [5.41, 5.74) is -17.0. The molecule has 6 aromatic carbocycles. The Morgan fingerprint density at radius 3 is 0.939 bits per heavy atom. The third kappa shape index (κ3) is 28.3. The van der Waals surface area contributed by atoms with E-state index in [1.54, 1.807) is 36.4 Å². The molecule has 132 heavy (non-hydrogen) atoms. The van der Waals surface area contributed by atoms with Gasteiger partial charge in [0.25, 0.3) is 20.2 Å². The minimum atomic E-state index is -6.28. The lowest BCUT2D eigenvalue weighted by molar-refractivity contribution is -0.884. The molecule has 10 aliphatic rings. The molecule has 8 fully saturated rings. The quantitative estimate of drug-likeness (QED) is 0.0152. The molecule has 6 atom stereocenters. The summed E-state index contributed by atoms with van der Waals surface area (Å²) in [6.07, 6.45) is -10.4. The van der Waals surface area contributed by atoms with Crippen LogP contribution in [0.25, 0.3) is 0 Å². The lowest BCUT2D eigenvalue weighted by Gasteiger charge is -2.55. The van der Waals surface area contributed by atoms with Crippen LogP contribution in [0.4, 0.5) is 79.0 Å². The number of aliphatic hydroxyl groups is 2. The van der Waals surface area contributed by atoms with Crippen LogP contribution in [0.1, 0.15) is 115 Å². The molecule has 6 unspecified atom stereocenters. The van der Waals surface area contributed by atoms with Crippen LogP contribution in [0.15, 0.2) is 237 Å². The average Bonchev–Trinajstić information content (AvgIpc) is 0.724. The number of rotatable bonds is 23. The van der Waals surface area contributed by atoms with Crippen molar-refractivity contribution in [1.29, 1.82) is 0 Å². The van der Waals surface area contributed by atoms with Crippen LogP contribution in [0.2, 0.25) is 0 Å². The highest BCUT2D eigenvalue weighted by molar-refractivity contribution is 7.98. The van der Waals surface area contributed by atoms with E-state index in [0.29, 0.717) is 35.8 Å². The zero-order valence-electron chi connectivity index (χ0n) is 72.1. The number of aryl methyl sites for hydroxylation is 1. The largest absolute Gasteiger partial charge is 0.744 e. The summed E-state index contributed by atoms with van der Waals surface area (Å²) in [4.78, 5) is 29.6. The van der Waals surface area contributed by atoms with Crippen LogP contribution in [-0.4, -0.2) is 181 Å². The molecule has 8 bridgehead atoms. The third-order valence-electron chi connectivity index (χ3n) is 23.8. The summed E-state index contributed by atoms with van der Waals surface area (Å²) >= 11 is 0. The molecule has 41 heteroatoms. The molecule has 8 saturated carbocycles. The number of ether oxygens (including phenoxy) is 4. The fraction of sp³-hybridized carbons (Fsp3) is 0.495. The summed E-state index contributed by atoms with van der Waals surface area (Å²) in [5.74, 6) is -8.20. The van der Waals surface area contributed by atoms with E-state index < -0.39 is 137 Å². The van der Waals surface area contributed by atoms with E-state index in [4.69, 9.17) is 18.6 Å². The van der Waals surface area contributed by atoms with Crippen molar-refractivity contribution in [2.45, 2.75) is 212 Å². The molecule has 0 amide bonds. The Balaban J connectivity index is 0.000000184. The van der Waals surface area contributed by atoms with Gasteiger partial charge in [-0.2, -0.15) is 95.9 Å². The molecule has 0 radical (unpaired) electrons. The van der Waals surface area contributed by atoms with Crippen LogP contribution in [0, 0.1) is 53.3 Å². The van der Waals surface area contributed by atoms with Gasteiger partial charge < -0.3 is 38.2 Å². The molecule has 16 rings (SSSR count). The van der Waals surface area contributed by atoms with E-state index in [1.165, 1.54) is 27.5 Å². The van der Waals surface area contributed by atoms with E-state index in [0.717, 1.165) is 77.7 Å². The molecule has 0 aliphatic heterocycles. The predicted octanol–water partition coefficient (Wildman–Crippen LogP) is 20.4. The molecular formula is C91H103F18NO17S5+2. The highest BCUT2D eigenvalue weighted by Gasteiger charge is 2.78. The van der Waals surface area contributed by atoms with Crippen molar-refractivity contribution in [2.75, 3.05) is 45.9 Å². The maximum atomic E-state index is 13.4. The lowest BCUT2D eigenvalue weighted by atomic mass is 9.49. The van der Waals surface area contributed by atoms with Gasteiger partial charge in [-0.3, -0.25) is 18.7 Å². The molecule has 4 N–H and O–H groups in total. The number of hydrogen-bond donors (Lipinski definition) is 4. The Morgan fingerprint density at radius 2 is 0.697 bits per heavy atom. The topological polar surface area (TPSA) is 277 Å². The van der Waals surface area contributed by atoms with Gasteiger partial charge in [0, 0.05) is 18.4 Å². The first-order chi connectivity index (χ1) is 60.8. The standard InChI is InChI=1S/2C22H22F3O2S.2C15H18F6O5S.C10H16N.C7H8O3S/c2*1-21(26,22(23,24)25)16-27-17-12-14-20(15-13-17)28(18-8-4-2-5-9-18)19-10-6-3-7-11-19;2*16-14(17,18)13(15(19,20)21,7-27(23,24)25)26-11(22)12-4-8-1-9(5-12)3-10(2-8)6-12;1-11(2,3)9-10-7-5-4-6-8-10;1-6-2-4-7(5-3-6)11(8,9)10/h2*2-10,12-15,19,26H,11,16H2,1H3;2*8-10H,1-7H2,(H,23,24,25);4-8H,9H2,1-3H3;2-5H,1H3,(H,8,9,10)/q2*+1;;;+1;/p-1. The summed E-state index contributed by atoms with van der Waals surface area (Å²) in [6.45, 7) is 2.63. The monoisotopic (exact) mass is 1980 g/mol. The highest BCUT2D eigenvalue weighted by Crippen LogP contribution is 2.64. The first-order valence-electron chi connectivity index (χ1n) is 41.6. The van der Waals surface area contributed by atoms with Crippen LogP contribution in [0.5, 0.6) is 11.5 Å². The van der Waals surface area contributed by atoms with E-state index in [9.17, 15) is 129 Å². The summed E-state index contributed by atoms with van der Waals surface area (Å²) < 4.78 is 349. The number of esters is 2. The van der Waals surface area contributed by atoms with Crippen molar-refractivity contribution in [3.05, 3.63) is 224 Å². The second-order valence-corrected chi connectivity index (χ2v) is 44.7. The molecule has 0 aromatic heterocycles. The van der Waals surface area contributed by atoms with E-state index in [2.05, 4.69) is 110 Å². The number of benzene rings is 6. The molecule has 728 valence electrons. The molecule has 0 heterocycles. The Kier molecular flexibility index (Phi) is 34.1. The Hall–Kier alpha value is -8.13. The van der Waals surface area contributed by atoms with Gasteiger partial charge in [-0.15, -0.1) is 0 Å². The van der Waals surface area contributed by atoms with Crippen molar-refractivity contribution in [3.63, 3.8) is 0 Å². The third-order valence-corrected chi connectivity index (χ3v) is 31.2. The molecule has 0 spiro atoms. The van der Waals surface area contributed by atoms with Gasteiger partial charge in [0.1, 0.15) is 52.9 Å². The molecule has 6 aromatic rings. The fourth-order valence-corrected chi connectivity index (χ4v) is 25.2. The van der Waals surface area contributed by atoms with Crippen molar-refractivity contribution in [3.8, 4) is 11.5 Å². The van der Waals surface area contributed by atoms with Gasteiger partial charge in [0.2, 0.25) is 0 Å². The zero-order valence-corrected chi connectivity index (χ0v) is 76.2. The Morgan fingerprint density at radius 1 is 0.417 bits per heavy atom. The van der Waals surface area contributed by atoms with Crippen molar-refractivity contribution < 1.29 is 161 Å². The normalized spacial score (nSPS) is 24.2. The minimum Gasteiger partial charge on any atom is -0.744 e. The number of carbonyl (C=O) groups excluding carboxylic acids is 2. The summed E-state index contributed by atoms with van der Waals surface area (Å²) in [5, 5.41) is 19.7. The predicted molar refractivity (Wildman–Crippen MR) is 455 cm³/mol. The highest BCUT2D eigenvalue weighted by atomic mass is 32.2. The maximum absolute atomic E-state index is 13.4. The van der Waals surface area contributed by atoms with Gasteiger partial charge in [0.15, 0.2) is 41.3 Å². The molecule has 10 aliphatic carbocycles. The second kappa shape index (κ2) is 41.8. The number of allylic oxidation sites excluding steroid dienone is 6. The number of quaternary nitrogens is 1. The van der Waals surface area contributed by atoms with Crippen molar-refractivity contribution in [1.82, 2.24) is 0 Å². The smallest absolute Gasteiger partial charge is 0.438 e. The van der Waals surface area contributed by atoms with E-state index in [-0.39, 0.29) is 101 Å². The average molecular weight is 1990 g/mol. The lowest BCUT2D eigenvalue weighted by Crippen LogP contribution is -2.65. The first kappa shape index (κ1) is 108. The summed E-state index contributed by atoms with van der Waals surface area (Å²) in [6, 6.07) is 50.9. The van der Waals surface area contributed by atoms with Crippen LogP contribution < -0.4 is 9.47 Å². The molecule has 0 saturated heterocycles. The van der Waals surface area contributed by atoms with Gasteiger partial charge in [0.05, 0.1) is 58.7 Å². The van der Waals surface area contributed by atoms with E-state index in [1.807, 2.05) is 91.9 Å². The van der Waals surface area contributed by atoms with Gasteiger partial charge in [-0.05, 0) is 230 Å². The van der Waals surface area contributed by atoms with Crippen molar-refractivity contribution >= 4 is 64.1 Å². The SMILES string of the molecule is CC(O)(COc1ccc([S+](c2ccccc2)C2C=CC=CC2)cc1)C(F)(F)F.CC(O)(COc1ccc([S+](c2ccccc2)C2C=CC=CC2)cc1)C(F)(F)F.C[N+](C)(C)Cc1ccccc1.Cc1ccc(S(=O)(=O)[O-])cc1.O=C(OC(CS(=O)(=O)O)(C(F)(F)F)C(F)(F)F)C12CC3CC(CC(C3)C1)C2.O=C(OC(CS(=O)(=O)O)(C(F)(F)F)C(F)(F)F)C12CC3CC(CC(C3)C1)C2. The minimum absolute atomic E-state index is 0.0385. The fourth-order valence-electron chi connectivity index (χ4n) is 18.1. The number of nitrogens with zero attached hydrogens (tertiary/aromatic N) is 1. The zero-order chi connectivity index (χ0) is 98.1. The van der Waals surface area contributed by atoms with Gasteiger partial charge >= 0.3 is 60.2 Å². The number of halogens is 18. The number of hydrogen-bond acceptors (Lipinski definition) is 15. The second-order valence-electron chi connectivity index (χ2n) is 36.0. The first-order valence-corrected chi connectivity index (χ1v) is 48.8. The Labute approximate surface area is 759 Å². The summed E-state index contributed by atoms with van der Waals surface area (Å²) in [7, 11) is -9.61. The maximum Gasteiger partial charge on any atom is 0.438 e. The molecule has 18 nitrogen and oxygen atoms in total. The van der Waals surface area contributed by atoms with Gasteiger partial charge in [-0.1, -0.05) is 121 Å². The number of carbonyl (C=O) groups is 2. The van der Waals surface area contributed by atoms with Crippen LogP contribution in [0.3, 0.4) is 0 Å².